The number of aryl methyl sites for hydroxylation is 2. The van der Waals surface area contributed by atoms with Crippen molar-refractivity contribution in [2.45, 2.75) is 32.7 Å². The summed E-state index contributed by atoms with van der Waals surface area (Å²) in [5.41, 5.74) is 3.13. The van der Waals surface area contributed by atoms with Gasteiger partial charge in [-0.3, -0.25) is 9.59 Å². The van der Waals surface area contributed by atoms with Crippen molar-refractivity contribution in [3.05, 3.63) is 76.0 Å². The fourth-order valence-corrected chi connectivity index (χ4v) is 3.37. The first-order chi connectivity index (χ1) is 13.0. The van der Waals surface area contributed by atoms with E-state index < -0.39 is 0 Å². The van der Waals surface area contributed by atoms with Crippen molar-refractivity contribution in [2.75, 3.05) is 0 Å². The molecule has 0 bridgehead atoms. The third-order valence-corrected chi connectivity index (χ3v) is 5.05. The molecule has 0 amide bonds. The lowest BCUT2D eigenvalue weighted by Crippen LogP contribution is -2.18. The van der Waals surface area contributed by atoms with Gasteiger partial charge < -0.3 is 9.13 Å². The number of pyridine rings is 1. The summed E-state index contributed by atoms with van der Waals surface area (Å²) in [6.45, 7) is 2.43. The number of aromatic nitrogens is 3. The normalized spacial score (nSPS) is 13.7. The molecule has 0 radical (unpaired) electrons. The predicted octanol–water partition coefficient (Wildman–Crippen LogP) is 3.59. The standard InChI is InChI=1S/C22H23N3O2/c1-15-10-18(13-24(2)22(15)27)21-23-19(20(26)11-16-8-9-16)14-25(21)12-17-6-4-3-5-7-17/h3-7,10,13-14,16H,8-9,11-12H2,1-2H3. The van der Waals surface area contributed by atoms with Gasteiger partial charge in [-0.1, -0.05) is 30.3 Å². The Morgan fingerprint density at radius 1 is 1.19 bits per heavy atom. The summed E-state index contributed by atoms with van der Waals surface area (Å²) in [7, 11) is 1.74. The topological polar surface area (TPSA) is 56.9 Å². The molecule has 27 heavy (non-hydrogen) atoms. The summed E-state index contributed by atoms with van der Waals surface area (Å²) in [6, 6.07) is 12.0. The second kappa shape index (κ2) is 6.99. The average molecular weight is 361 g/mol. The lowest BCUT2D eigenvalue weighted by molar-refractivity contribution is 0.0971. The first-order valence-electron chi connectivity index (χ1n) is 9.33. The van der Waals surface area contributed by atoms with Crippen LogP contribution in [0.3, 0.4) is 0 Å². The molecule has 5 nitrogen and oxygen atoms in total. The molecule has 0 unspecified atom stereocenters. The summed E-state index contributed by atoms with van der Waals surface area (Å²) in [6.07, 6.45) is 6.50. The van der Waals surface area contributed by atoms with Crippen LogP contribution >= 0.6 is 0 Å². The Kier molecular flexibility index (Phi) is 4.52. The second-order valence-corrected chi connectivity index (χ2v) is 7.46. The van der Waals surface area contributed by atoms with Crippen molar-refractivity contribution in [2.24, 2.45) is 13.0 Å². The summed E-state index contributed by atoms with van der Waals surface area (Å²) in [5, 5.41) is 0. The Balaban J connectivity index is 1.76. The number of hydrogen-bond donors (Lipinski definition) is 0. The van der Waals surface area contributed by atoms with Crippen molar-refractivity contribution in [3.8, 4) is 11.4 Å². The molecule has 0 aliphatic heterocycles. The van der Waals surface area contributed by atoms with Crippen LogP contribution in [0.5, 0.6) is 0 Å². The minimum atomic E-state index is -0.0232. The molecule has 0 N–H and O–H groups in total. The Bertz CT molecular complexity index is 1020. The van der Waals surface area contributed by atoms with E-state index in [0.29, 0.717) is 30.1 Å². The number of nitrogens with zero attached hydrogens (tertiary/aromatic N) is 3. The van der Waals surface area contributed by atoms with E-state index in [-0.39, 0.29) is 11.3 Å². The van der Waals surface area contributed by atoms with Crippen molar-refractivity contribution >= 4 is 5.78 Å². The van der Waals surface area contributed by atoms with Crippen molar-refractivity contribution in [1.29, 1.82) is 0 Å². The quantitative estimate of drug-likeness (QED) is 0.631. The van der Waals surface area contributed by atoms with Crippen LogP contribution < -0.4 is 5.56 Å². The number of Topliss-reactive ketones (excluding diaryl/α,β-unsaturated/α-hetero) is 1. The van der Waals surface area contributed by atoms with E-state index in [1.165, 1.54) is 0 Å². The van der Waals surface area contributed by atoms with Crippen LogP contribution in [-0.2, 0) is 13.6 Å². The van der Waals surface area contributed by atoms with Gasteiger partial charge in [0.25, 0.3) is 5.56 Å². The molecule has 1 fully saturated rings. The molecule has 2 heterocycles. The molecule has 4 rings (SSSR count). The van der Waals surface area contributed by atoms with Crippen molar-refractivity contribution in [3.63, 3.8) is 0 Å². The maximum Gasteiger partial charge on any atom is 0.253 e. The molecule has 1 saturated carbocycles. The van der Waals surface area contributed by atoms with E-state index in [1.807, 2.05) is 35.0 Å². The van der Waals surface area contributed by atoms with Gasteiger partial charge in [0.05, 0.1) is 0 Å². The van der Waals surface area contributed by atoms with Gasteiger partial charge in [-0.25, -0.2) is 4.98 Å². The summed E-state index contributed by atoms with van der Waals surface area (Å²) in [5.74, 6) is 1.35. The molecule has 2 aromatic heterocycles. The van der Waals surface area contributed by atoms with Gasteiger partial charge >= 0.3 is 0 Å². The van der Waals surface area contributed by atoms with Gasteiger partial charge in [0.1, 0.15) is 11.5 Å². The predicted molar refractivity (Wildman–Crippen MR) is 105 cm³/mol. The summed E-state index contributed by atoms with van der Waals surface area (Å²) < 4.78 is 3.58. The maximum absolute atomic E-state index is 12.6. The van der Waals surface area contributed by atoms with E-state index >= 15 is 0 Å². The van der Waals surface area contributed by atoms with Crippen LogP contribution in [0.2, 0.25) is 0 Å². The Morgan fingerprint density at radius 2 is 1.93 bits per heavy atom. The smallest absolute Gasteiger partial charge is 0.253 e. The number of carbonyl (C=O) groups excluding carboxylic acids is 1. The molecule has 0 saturated heterocycles. The largest absolute Gasteiger partial charge is 0.326 e. The number of imidazole rings is 1. The SMILES string of the molecule is Cc1cc(-c2nc(C(=O)CC3CC3)cn2Cc2ccccc2)cn(C)c1=O. The van der Waals surface area contributed by atoms with E-state index in [2.05, 4.69) is 17.1 Å². The van der Waals surface area contributed by atoms with Gasteiger partial charge in [-0.05, 0) is 37.3 Å². The molecule has 3 aromatic rings. The number of carbonyl (C=O) groups is 1. The first kappa shape index (κ1) is 17.5. The Hall–Kier alpha value is -2.95. The third-order valence-electron chi connectivity index (χ3n) is 5.05. The van der Waals surface area contributed by atoms with E-state index in [0.717, 1.165) is 29.8 Å². The lowest BCUT2D eigenvalue weighted by atomic mass is 10.1. The zero-order valence-corrected chi connectivity index (χ0v) is 15.7. The summed E-state index contributed by atoms with van der Waals surface area (Å²) >= 11 is 0. The minimum Gasteiger partial charge on any atom is -0.326 e. The Morgan fingerprint density at radius 3 is 2.59 bits per heavy atom. The molecule has 0 atom stereocenters. The summed E-state index contributed by atoms with van der Waals surface area (Å²) in [4.78, 5) is 29.3. The van der Waals surface area contributed by atoms with Gasteiger partial charge in [0.15, 0.2) is 5.78 Å². The molecule has 1 aliphatic rings. The Labute approximate surface area is 158 Å². The highest BCUT2D eigenvalue weighted by Gasteiger charge is 2.26. The fraction of sp³-hybridized carbons (Fsp3) is 0.318. The monoisotopic (exact) mass is 361 g/mol. The van der Waals surface area contributed by atoms with Gasteiger partial charge in [-0.15, -0.1) is 0 Å². The van der Waals surface area contributed by atoms with E-state index in [9.17, 15) is 9.59 Å². The highest BCUT2D eigenvalue weighted by Crippen LogP contribution is 2.33. The average Bonchev–Trinajstić information content (AvgIpc) is 3.37. The zero-order chi connectivity index (χ0) is 19.0. The number of benzene rings is 1. The maximum atomic E-state index is 12.6. The minimum absolute atomic E-state index is 0.0232. The molecular formula is C22H23N3O2. The van der Waals surface area contributed by atoms with Gasteiger partial charge in [-0.2, -0.15) is 0 Å². The lowest BCUT2D eigenvalue weighted by Gasteiger charge is -2.10. The van der Waals surface area contributed by atoms with Crippen LogP contribution in [0.4, 0.5) is 0 Å². The second-order valence-electron chi connectivity index (χ2n) is 7.46. The zero-order valence-electron chi connectivity index (χ0n) is 15.7. The van der Waals surface area contributed by atoms with Crippen molar-refractivity contribution in [1.82, 2.24) is 14.1 Å². The molecule has 1 aromatic carbocycles. The van der Waals surface area contributed by atoms with Crippen LogP contribution in [-0.4, -0.2) is 19.9 Å². The highest BCUT2D eigenvalue weighted by molar-refractivity contribution is 5.95. The fourth-order valence-electron chi connectivity index (χ4n) is 3.37. The van der Waals surface area contributed by atoms with E-state index in [1.54, 1.807) is 24.7 Å². The number of rotatable bonds is 6. The first-order valence-corrected chi connectivity index (χ1v) is 9.33. The van der Waals surface area contributed by atoms with Crippen LogP contribution in [0.25, 0.3) is 11.4 Å². The molecule has 1 aliphatic carbocycles. The highest BCUT2D eigenvalue weighted by atomic mass is 16.1. The van der Waals surface area contributed by atoms with Crippen LogP contribution in [0.15, 0.2) is 53.6 Å². The number of hydrogen-bond acceptors (Lipinski definition) is 3. The van der Waals surface area contributed by atoms with Gasteiger partial charge in [0.2, 0.25) is 0 Å². The van der Waals surface area contributed by atoms with Crippen LogP contribution in [0, 0.1) is 12.8 Å². The number of ketones is 1. The molecule has 138 valence electrons. The molecule has 5 heteroatoms. The third kappa shape index (κ3) is 3.77. The van der Waals surface area contributed by atoms with E-state index in [4.69, 9.17) is 0 Å². The molecular weight excluding hydrogens is 338 g/mol. The van der Waals surface area contributed by atoms with Crippen molar-refractivity contribution < 1.29 is 4.79 Å². The van der Waals surface area contributed by atoms with Gasteiger partial charge in [0, 0.05) is 43.5 Å². The van der Waals surface area contributed by atoms with Crippen LogP contribution in [0.1, 0.15) is 40.9 Å². The molecule has 0 spiro atoms.